The largest absolute Gasteiger partial charge is 0.494 e. The maximum absolute atomic E-state index is 11.6. The lowest BCUT2D eigenvalue weighted by Crippen LogP contribution is -2.25. The van der Waals surface area contributed by atoms with Crippen molar-refractivity contribution in [1.29, 1.82) is 0 Å². The van der Waals surface area contributed by atoms with Gasteiger partial charge in [0.05, 0.1) is 5.56 Å². The molecule has 7 nitrogen and oxygen atoms in total. The maximum Gasteiger partial charge on any atom is 0.303 e. The number of aliphatic carboxylic acids is 1. The first-order chi connectivity index (χ1) is 8.49. The number of carbonyl (C=O) groups excluding carboxylic acids is 1. The van der Waals surface area contributed by atoms with Crippen molar-refractivity contribution in [1.82, 2.24) is 10.3 Å². The molecule has 0 spiro atoms. The average molecular weight is 254 g/mol. The van der Waals surface area contributed by atoms with Crippen LogP contribution >= 0.6 is 0 Å². The van der Waals surface area contributed by atoms with Crippen molar-refractivity contribution in [3.05, 3.63) is 28.0 Å². The molecule has 1 aromatic heterocycles. The molecule has 98 valence electrons. The van der Waals surface area contributed by atoms with Gasteiger partial charge in [0.15, 0.2) is 5.88 Å². The Morgan fingerprint density at radius 3 is 2.61 bits per heavy atom. The molecule has 0 unspecified atom stereocenters. The number of aromatic nitrogens is 1. The minimum absolute atomic E-state index is 0.0572. The third-order valence-corrected chi connectivity index (χ3v) is 2.20. The van der Waals surface area contributed by atoms with E-state index in [1.807, 2.05) is 0 Å². The van der Waals surface area contributed by atoms with Gasteiger partial charge in [0.2, 0.25) is 0 Å². The Balaban J connectivity index is 2.41. The minimum Gasteiger partial charge on any atom is -0.494 e. The van der Waals surface area contributed by atoms with E-state index >= 15 is 0 Å². The Morgan fingerprint density at radius 1 is 1.28 bits per heavy atom. The number of aromatic hydroxyl groups is 1. The highest BCUT2D eigenvalue weighted by molar-refractivity contribution is 5.94. The van der Waals surface area contributed by atoms with Crippen molar-refractivity contribution in [3.63, 3.8) is 0 Å². The number of aromatic amines is 1. The summed E-state index contributed by atoms with van der Waals surface area (Å²) in [5, 5.41) is 20.1. The van der Waals surface area contributed by atoms with Crippen LogP contribution in [0.5, 0.6) is 5.88 Å². The van der Waals surface area contributed by atoms with Crippen molar-refractivity contribution >= 4 is 11.9 Å². The molecular formula is C11H14N2O5. The number of rotatable bonds is 6. The van der Waals surface area contributed by atoms with Gasteiger partial charge in [0.1, 0.15) is 0 Å². The summed E-state index contributed by atoms with van der Waals surface area (Å²) in [4.78, 5) is 34.9. The summed E-state index contributed by atoms with van der Waals surface area (Å²) >= 11 is 0. The van der Waals surface area contributed by atoms with E-state index in [2.05, 4.69) is 10.3 Å². The lowest BCUT2D eigenvalue weighted by molar-refractivity contribution is -0.137. The number of pyridine rings is 1. The molecule has 1 heterocycles. The van der Waals surface area contributed by atoms with Crippen LogP contribution in [-0.2, 0) is 4.79 Å². The van der Waals surface area contributed by atoms with E-state index in [4.69, 9.17) is 10.2 Å². The van der Waals surface area contributed by atoms with Crippen molar-refractivity contribution < 1.29 is 19.8 Å². The molecule has 0 aliphatic heterocycles. The van der Waals surface area contributed by atoms with Gasteiger partial charge >= 0.3 is 5.97 Å². The van der Waals surface area contributed by atoms with E-state index in [0.29, 0.717) is 19.4 Å². The molecule has 18 heavy (non-hydrogen) atoms. The predicted molar refractivity (Wildman–Crippen MR) is 62.5 cm³/mol. The smallest absolute Gasteiger partial charge is 0.303 e. The highest BCUT2D eigenvalue weighted by Gasteiger charge is 2.07. The van der Waals surface area contributed by atoms with Crippen LogP contribution in [0.1, 0.15) is 29.6 Å². The van der Waals surface area contributed by atoms with Gasteiger partial charge in [-0.2, -0.15) is 0 Å². The summed E-state index contributed by atoms with van der Waals surface area (Å²) in [5.74, 6) is -1.73. The van der Waals surface area contributed by atoms with Crippen molar-refractivity contribution in [2.24, 2.45) is 0 Å². The van der Waals surface area contributed by atoms with Crippen LogP contribution in [0.25, 0.3) is 0 Å². The number of nitrogens with one attached hydrogen (secondary N) is 2. The number of carbonyl (C=O) groups is 2. The Hall–Kier alpha value is -2.31. The summed E-state index contributed by atoms with van der Waals surface area (Å²) in [6.07, 6.45) is 1.06. The van der Waals surface area contributed by atoms with Crippen LogP contribution in [0.4, 0.5) is 0 Å². The first-order valence-corrected chi connectivity index (χ1v) is 5.42. The lowest BCUT2D eigenvalue weighted by Gasteiger charge is -2.04. The minimum atomic E-state index is -0.874. The van der Waals surface area contributed by atoms with Gasteiger partial charge in [-0.1, -0.05) is 0 Å². The second-order valence-electron chi connectivity index (χ2n) is 3.73. The molecule has 0 saturated heterocycles. The SMILES string of the molecule is O=C(O)CCCCNC(=O)c1cc(O)[nH]c(=O)c1. The molecule has 0 fully saturated rings. The number of unbranched alkanes of at least 4 members (excludes halogenated alkanes) is 1. The van der Waals surface area contributed by atoms with Crippen LogP contribution in [0.3, 0.4) is 0 Å². The molecule has 1 rings (SSSR count). The standard InChI is InChI=1S/C11H14N2O5/c14-8-5-7(6-9(15)13-8)11(18)12-4-2-1-3-10(16)17/h5-6H,1-4H2,(H,12,18)(H,16,17)(H2,13,14,15). The van der Waals surface area contributed by atoms with Gasteiger partial charge in [-0.05, 0) is 12.8 Å². The maximum atomic E-state index is 11.6. The second kappa shape index (κ2) is 6.43. The zero-order chi connectivity index (χ0) is 13.5. The molecule has 0 aromatic carbocycles. The third kappa shape index (κ3) is 4.69. The number of hydrogen-bond acceptors (Lipinski definition) is 4. The molecule has 7 heteroatoms. The van der Waals surface area contributed by atoms with E-state index < -0.39 is 17.4 Å². The first-order valence-electron chi connectivity index (χ1n) is 5.42. The van der Waals surface area contributed by atoms with E-state index in [1.54, 1.807) is 0 Å². The van der Waals surface area contributed by atoms with Crippen LogP contribution in [0.2, 0.25) is 0 Å². The number of H-pyrrole nitrogens is 1. The fraction of sp³-hybridized carbons (Fsp3) is 0.364. The number of amides is 1. The van der Waals surface area contributed by atoms with Crippen LogP contribution in [0.15, 0.2) is 16.9 Å². The Bertz CT molecular complexity index is 494. The van der Waals surface area contributed by atoms with Gasteiger partial charge in [-0.3, -0.25) is 19.4 Å². The molecule has 0 radical (unpaired) electrons. The Labute approximate surface area is 102 Å². The lowest BCUT2D eigenvalue weighted by atomic mass is 10.2. The summed E-state index contributed by atoms with van der Waals surface area (Å²) in [7, 11) is 0. The van der Waals surface area contributed by atoms with Gasteiger partial charge in [-0.25, -0.2) is 0 Å². The fourth-order valence-electron chi connectivity index (χ4n) is 1.36. The highest BCUT2D eigenvalue weighted by Crippen LogP contribution is 2.04. The van der Waals surface area contributed by atoms with E-state index in [-0.39, 0.29) is 17.9 Å². The molecule has 1 aromatic rings. The third-order valence-electron chi connectivity index (χ3n) is 2.20. The number of hydrogen-bond donors (Lipinski definition) is 4. The summed E-state index contributed by atoms with van der Waals surface area (Å²) in [5.41, 5.74) is -0.500. The molecule has 1 amide bonds. The second-order valence-corrected chi connectivity index (χ2v) is 3.73. The van der Waals surface area contributed by atoms with Gasteiger partial charge < -0.3 is 15.5 Å². The summed E-state index contributed by atoms with van der Waals surface area (Å²) in [6.45, 7) is 0.319. The van der Waals surface area contributed by atoms with Crippen molar-refractivity contribution in [3.8, 4) is 5.88 Å². The predicted octanol–water partition coefficient (Wildman–Crippen LogP) is 0.0652. The zero-order valence-corrected chi connectivity index (χ0v) is 9.60. The number of carboxylic acid groups (broad SMARTS) is 1. The molecule has 0 bridgehead atoms. The molecule has 0 atom stereocenters. The van der Waals surface area contributed by atoms with E-state index in [9.17, 15) is 14.4 Å². The number of carboxylic acids is 1. The first kappa shape index (κ1) is 13.8. The Morgan fingerprint density at radius 2 is 2.00 bits per heavy atom. The fourth-order valence-corrected chi connectivity index (χ4v) is 1.36. The normalized spacial score (nSPS) is 10.0. The van der Waals surface area contributed by atoms with E-state index in [1.165, 1.54) is 0 Å². The summed E-state index contributed by atoms with van der Waals surface area (Å²) < 4.78 is 0. The average Bonchev–Trinajstić information content (AvgIpc) is 2.26. The Kier molecular flexibility index (Phi) is 4.91. The van der Waals surface area contributed by atoms with Crippen LogP contribution in [-0.4, -0.2) is 33.6 Å². The molecule has 0 aliphatic carbocycles. The molecule has 4 N–H and O–H groups in total. The highest BCUT2D eigenvalue weighted by atomic mass is 16.4. The van der Waals surface area contributed by atoms with Gasteiger partial charge in [0, 0.05) is 25.1 Å². The van der Waals surface area contributed by atoms with Crippen molar-refractivity contribution in [2.75, 3.05) is 6.54 Å². The topological polar surface area (TPSA) is 119 Å². The zero-order valence-electron chi connectivity index (χ0n) is 9.60. The van der Waals surface area contributed by atoms with Crippen molar-refractivity contribution in [2.45, 2.75) is 19.3 Å². The van der Waals surface area contributed by atoms with Crippen LogP contribution < -0.4 is 10.9 Å². The quantitative estimate of drug-likeness (QED) is 0.535. The monoisotopic (exact) mass is 254 g/mol. The van der Waals surface area contributed by atoms with Gasteiger partial charge in [-0.15, -0.1) is 0 Å². The van der Waals surface area contributed by atoms with E-state index in [0.717, 1.165) is 12.1 Å². The molecule has 0 aliphatic rings. The van der Waals surface area contributed by atoms with Crippen LogP contribution in [0, 0.1) is 0 Å². The summed E-state index contributed by atoms with van der Waals surface area (Å²) in [6, 6.07) is 2.22. The molecular weight excluding hydrogens is 240 g/mol. The van der Waals surface area contributed by atoms with Gasteiger partial charge in [0.25, 0.3) is 11.5 Å². The molecule has 0 saturated carbocycles.